The molecule has 270 valence electrons. The van der Waals surface area contributed by atoms with Crippen LogP contribution in [0.15, 0.2) is 21.9 Å². The van der Waals surface area contributed by atoms with Crippen molar-refractivity contribution in [3.05, 3.63) is 33.1 Å². The van der Waals surface area contributed by atoms with Crippen molar-refractivity contribution in [1.82, 2.24) is 9.55 Å². The number of aromatic nitrogens is 2. The molecule has 1 aromatic rings. The van der Waals surface area contributed by atoms with E-state index in [1.165, 1.54) is 0 Å². The Morgan fingerprint density at radius 3 is 1.76 bits per heavy atom. The highest BCUT2D eigenvalue weighted by atomic mass is 31.3. The van der Waals surface area contributed by atoms with Crippen molar-refractivity contribution in [3.63, 3.8) is 0 Å². The lowest BCUT2D eigenvalue weighted by molar-refractivity contribution is -0.136. The van der Waals surface area contributed by atoms with Crippen LogP contribution in [0.1, 0.15) is 6.23 Å². The molecular formula is C15H30N2O25P4. The Balaban J connectivity index is 0.000000800. The number of aldehydes is 1. The van der Waals surface area contributed by atoms with Gasteiger partial charge < -0.3 is 79.5 Å². The van der Waals surface area contributed by atoms with Crippen LogP contribution >= 0.6 is 31.3 Å². The van der Waals surface area contributed by atoms with Gasteiger partial charge in [0.25, 0.3) is 5.56 Å². The van der Waals surface area contributed by atoms with Crippen LogP contribution < -0.4 is 11.2 Å². The van der Waals surface area contributed by atoms with Crippen LogP contribution in [0.25, 0.3) is 0 Å². The summed E-state index contributed by atoms with van der Waals surface area (Å²) in [5.41, 5.74) is -1.65. The van der Waals surface area contributed by atoms with Crippen molar-refractivity contribution in [3.8, 4) is 0 Å². The lowest BCUT2D eigenvalue weighted by atomic mass is 10.0. The number of ether oxygens (including phenoxy) is 1. The van der Waals surface area contributed by atoms with Gasteiger partial charge in [-0.25, -0.2) is 23.1 Å². The summed E-state index contributed by atoms with van der Waals surface area (Å²) < 4.78 is 57.9. The molecule has 1 fully saturated rings. The zero-order chi connectivity index (χ0) is 36.4. The molecule has 9 atom stereocenters. The van der Waals surface area contributed by atoms with E-state index < -0.39 is 105 Å². The number of rotatable bonds is 13. The molecule has 2 heterocycles. The van der Waals surface area contributed by atoms with Crippen molar-refractivity contribution in [2.45, 2.75) is 49.0 Å². The first-order valence-corrected chi connectivity index (χ1v) is 17.4. The third-order valence-corrected chi connectivity index (χ3v) is 8.56. The van der Waals surface area contributed by atoms with Crippen LogP contribution in [0, 0.1) is 0 Å². The third-order valence-electron chi connectivity index (χ3n) is 4.71. The van der Waals surface area contributed by atoms with Crippen LogP contribution in [0.2, 0.25) is 0 Å². The van der Waals surface area contributed by atoms with Gasteiger partial charge in [-0.15, -0.1) is 0 Å². The van der Waals surface area contributed by atoms with E-state index in [0.717, 1.165) is 16.8 Å². The van der Waals surface area contributed by atoms with Crippen molar-refractivity contribution in [2.24, 2.45) is 0 Å². The van der Waals surface area contributed by atoms with Gasteiger partial charge >= 0.3 is 37.0 Å². The average Bonchev–Trinajstić information content (AvgIpc) is 3.16. The van der Waals surface area contributed by atoms with Gasteiger partial charge in [0.15, 0.2) is 12.5 Å². The Labute approximate surface area is 253 Å². The number of hydrogen-bond donors (Lipinski definition) is 15. The van der Waals surface area contributed by atoms with Gasteiger partial charge in [0.2, 0.25) is 0 Å². The Morgan fingerprint density at radius 1 is 0.870 bits per heavy atom. The van der Waals surface area contributed by atoms with E-state index in [0.29, 0.717) is 0 Å². The Kier molecular flexibility index (Phi) is 17.8. The number of carbonyl (C=O) groups is 1. The van der Waals surface area contributed by atoms with Gasteiger partial charge in [0, 0.05) is 12.3 Å². The molecule has 27 nitrogen and oxygen atoms in total. The molecule has 0 amide bonds. The van der Waals surface area contributed by atoms with Crippen LogP contribution in [0.3, 0.4) is 0 Å². The minimum atomic E-state index is -5.32. The highest BCUT2D eigenvalue weighted by Crippen LogP contribution is 2.57. The molecule has 31 heteroatoms. The monoisotopic (exact) mass is 762 g/mol. The van der Waals surface area contributed by atoms with Crippen LogP contribution in [0.4, 0.5) is 0 Å². The van der Waals surface area contributed by atoms with Crippen molar-refractivity contribution < 1.29 is 111 Å². The van der Waals surface area contributed by atoms with Crippen LogP contribution in [-0.4, -0.2) is 142 Å². The molecule has 1 aliphatic heterocycles. The van der Waals surface area contributed by atoms with E-state index in [1.54, 1.807) is 0 Å². The number of aliphatic hydroxyl groups excluding tert-OH is 7. The van der Waals surface area contributed by atoms with Crippen LogP contribution in [-0.2, 0) is 40.9 Å². The first kappa shape index (κ1) is 44.5. The smallest absolute Gasteiger partial charge is 0.394 e. The number of hydrogen-bond acceptors (Lipinski definition) is 18. The molecular weight excluding hydrogens is 732 g/mol. The number of phosphoric acid groups is 4. The van der Waals surface area contributed by atoms with E-state index >= 15 is 0 Å². The van der Waals surface area contributed by atoms with E-state index in [9.17, 15) is 42.9 Å². The number of carbonyl (C=O) groups excluding carboxylic acids is 1. The second kappa shape index (κ2) is 18.4. The van der Waals surface area contributed by atoms with Crippen molar-refractivity contribution >= 4 is 37.6 Å². The standard InChI is InChI=1S/C9H14N2O12P2.C6H12O6.H4O7P2/c12-5-1-2-11(9(15)10-5)8-7(14)6(13)4(22-8)3-21-25(19,20)23-24(16,17)18;7-1-3(9)5(11)6(12)4(10)2-8;1-8(2,3)7-9(4,5)6/h1-2,4,6-8,13-14H,3H2,(H,19,20)(H,10,12,15)(H2,16,17,18);1,3-6,8-12H,2H2;(H2,1,2,3)(H2,4,5,6)/t4-,6-,7-,8-;3-,4+,5+,6-;/m10./s1. The highest BCUT2D eigenvalue weighted by molar-refractivity contribution is 7.60. The minimum Gasteiger partial charge on any atom is -0.394 e. The molecule has 0 bridgehead atoms. The number of nitrogens with one attached hydrogen (secondary N) is 1. The molecule has 1 saturated heterocycles. The molecule has 2 rings (SSSR count). The zero-order valence-electron chi connectivity index (χ0n) is 22.3. The second-order valence-electron chi connectivity index (χ2n) is 8.32. The van der Waals surface area contributed by atoms with E-state index in [2.05, 4.69) is 13.1 Å². The van der Waals surface area contributed by atoms with Crippen molar-refractivity contribution in [1.29, 1.82) is 0 Å². The number of aliphatic hydroxyl groups is 7. The molecule has 0 aliphatic carbocycles. The average molecular weight is 762 g/mol. The maximum atomic E-state index is 11.7. The third kappa shape index (κ3) is 17.1. The van der Waals surface area contributed by atoms with Gasteiger partial charge in [-0.3, -0.25) is 18.9 Å². The summed E-state index contributed by atoms with van der Waals surface area (Å²) in [6.45, 7) is -1.66. The number of nitrogens with zero attached hydrogens (tertiary/aromatic N) is 1. The largest absolute Gasteiger partial charge is 0.481 e. The fraction of sp³-hybridized carbons (Fsp3) is 0.667. The van der Waals surface area contributed by atoms with Gasteiger partial charge in [-0.05, 0) is 0 Å². The summed E-state index contributed by atoms with van der Waals surface area (Å²) in [5, 5.41) is 63.3. The predicted octanol–water partition coefficient (Wildman–Crippen LogP) is -6.81. The lowest BCUT2D eigenvalue weighted by Gasteiger charge is -2.22. The molecule has 1 aromatic heterocycles. The first-order chi connectivity index (χ1) is 20.6. The molecule has 46 heavy (non-hydrogen) atoms. The molecule has 0 spiro atoms. The maximum Gasteiger partial charge on any atom is 0.481 e. The van der Waals surface area contributed by atoms with Crippen molar-refractivity contribution in [2.75, 3.05) is 13.2 Å². The maximum absolute atomic E-state index is 11.7. The number of H-pyrrole nitrogens is 1. The lowest BCUT2D eigenvalue weighted by Crippen LogP contribution is -2.46. The Bertz CT molecular complexity index is 1390. The topological polar surface area (TPSA) is 460 Å². The SMILES string of the molecule is O=C[C@H](O)[C@@H](O)[C@@H](O)[C@H](O)CO.O=P(O)(O)OP(=O)(O)O.O=c1ccn([C@@H]2O[C@H](COP(=O)(O)OP(=O)(O)O)[C@@H](O)[C@H]2O)c(=O)[nH]1. The highest BCUT2D eigenvalue weighted by Gasteiger charge is 2.45. The zero-order valence-corrected chi connectivity index (χ0v) is 25.8. The van der Waals surface area contributed by atoms with Gasteiger partial charge in [-0.2, -0.15) is 8.62 Å². The van der Waals surface area contributed by atoms with Gasteiger partial charge in [-0.1, -0.05) is 0 Å². The second-order valence-corrected chi connectivity index (χ2v) is 13.8. The molecule has 0 radical (unpaired) electrons. The summed E-state index contributed by atoms with van der Waals surface area (Å²) in [7, 11) is -20.6. The predicted molar refractivity (Wildman–Crippen MR) is 139 cm³/mol. The molecule has 1 aliphatic rings. The quantitative estimate of drug-likeness (QED) is 0.0656. The molecule has 15 N–H and O–H groups in total. The molecule has 0 saturated carbocycles. The van der Waals surface area contributed by atoms with E-state index in [1.807, 2.05) is 4.98 Å². The van der Waals surface area contributed by atoms with E-state index in [-0.39, 0.29) is 6.29 Å². The summed E-state index contributed by atoms with van der Waals surface area (Å²) in [4.78, 5) is 91.6. The summed E-state index contributed by atoms with van der Waals surface area (Å²) >= 11 is 0. The first-order valence-electron chi connectivity index (χ1n) is 11.3. The van der Waals surface area contributed by atoms with Gasteiger partial charge in [0.1, 0.15) is 42.7 Å². The van der Waals surface area contributed by atoms with E-state index in [4.69, 9.17) is 64.5 Å². The molecule has 0 aromatic carbocycles. The normalized spacial score (nSPS) is 24.2. The molecule has 1 unspecified atom stereocenters. The Hall–Kier alpha value is -1.45. The minimum absolute atomic E-state index is 0.0258. The number of phosphoric ester groups is 1. The fourth-order valence-corrected chi connectivity index (χ4v) is 5.51. The Morgan fingerprint density at radius 2 is 1.37 bits per heavy atom. The fourth-order valence-electron chi connectivity index (χ4n) is 2.81. The summed E-state index contributed by atoms with van der Waals surface area (Å²) in [5.74, 6) is 0. The van der Waals surface area contributed by atoms with Crippen LogP contribution in [0.5, 0.6) is 0 Å². The summed E-state index contributed by atoms with van der Waals surface area (Å²) in [6, 6.07) is 0.962. The van der Waals surface area contributed by atoms with Gasteiger partial charge in [0.05, 0.1) is 13.2 Å². The summed E-state index contributed by atoms with van der Waals surface area (Å²) in [6.07, 6.45) is -12.1. The number of aromatic amines is 1.